The number of anilines is 2. The van der Waals surface area contributed by atoms with Crippen LogP contribution >= 0.6 is 31.9 Å². The van der Waals surface area contributed by atoms with Crippen LogP contribution in [0.2, 0.25) is 13.1 Å². The maximum Gasteiger partial charge on any atom is 0.115 e. The molecule has 2 nitrogen and oxygen atoms in total. The average Bonchev–Trinajstić information content (AvgIpc) is 2.47. The number of halogens is 2. The zero-order chi connectivity index (χ0) is 17.6. The van der Waals surface area contributed by atoms with Crippen LogP contribution in [-0.2, 0) is 0 Å². The van der Waals surface area contributed by atoms with Crippen LogP contribution < -0.4 is 20.2 Å². The van der Waals surface area contributed by atoms with E-state index in [9.17, 15) is 0 Å². The quantitative estimate of drug-likeness (QED) is 0.597. The fourth-order valence-electron chi connectivity index (χ4n) is 3.67. The summed E-state index contributed by atoms with van der Waals surface area (Å²) < 4.78 is 2.49. The fourth-order valence-corrected chi connectivity index (χ4v) is 9.81. The molecule has 0 aromatic heterocycles. The first-order valence-electron chi connectivity index (χ1n) is 9.07. The molecular weight excluding hydrogens is 456 g/mol. The van der Waals surface area contributed by atoms with Crippen molar-refractivity contribution in [3.05, 3.63) is 45.3 Å². The maximum absolute atomic E-state index is 3.84. The van der Waals surface area contributed by atoms with Crippen LogP contribution in [-0.4, -0.2) is 34.3 Å². The van der Waals surface area contributed by atoms with E-state index in [4.69, 9.17) is 0 Å². The molecule has 0 bridgehead atoms. The summed E-state index contributed by atoms with van der Waals surface area (Å²) in [7, 11) is -1.82. The molecule has 2 aromatic rings. The van der Waals surface area contributed by atoms with E-state index in [0.29, 0.717) is 0 Å². The van der Waals surface area contributed by atoms with Crippen LogP contribution in [0.4, 0.5) is 11.4 Å². The lowest BCUT2D eigenvalue weighted by molar-refractivity contribution is 0.618. The van der Waals surface area contributed by atoms with E-state index in [1.165, 1.54) is 69.7 Å². The van der Waals surface area contributed by atoms with Gasteiger partial charge < -0.3 is 9.80 Å². The minimum absolute atomic E-state index is 1.19. The predicted octanol–water partition coefficient (Wildman–Crippen LogP) is 4.45. The first-order chi connectivity index (χ1) is 12.0. The van der Waals surface area contributed by atoms with Gasteiger partial charge in [-0.3, -0.25) is 0 Å². The molecule has 2 aromatic carbocycles. The minimum atomic E-state index is -1.82. The normalized spacial score (nSPS) is 17.3. The summed E-state index contributed by atoms with van der Waals surface area (Å²) in [5, 5.41) is 2.97. The van der Waals surface area contributed by atoms with Gasteiger partial charge in [0.1, 0.15) is 8.07 Å². The van der Waals surface area contributed by atoms with Crippen molar-refractivity contribution in [2.75, 3.05) is 36.0 Å². The van der Waals surface area contributed by atoms with E-state index in [2.05, 4.69) is 91.2 Å². The molecule has 2 fully saturated rings. The Balaban J connectivity index is 1.76. The molecule has 0 aliphatic carbocycles. The highest BCUT2D eigenvalue weighted by atomic mass is 79.9. The fraction of sp³-hybridized carbons (Fsp3) is 0.400. The topological polar surface area (TPSA) is 6.48 Å². The van der Waals surface area contributed by atoms with Crippen molar-refractivity contribution in [3.8, 4) is 0 Å². The first kappa shape index (κ1) is 17.6. The Kier molecular flexibility index (Phi) is 4.75. The summed E-state index contributed by atoms with van der Waals surface area (Å²) >= 11 is 7.68. The molecule has 0 spiro atoms. The van der Waals surface area contributed by atoms with Crippen LogP contribution in [0.3, 0.4) is 0 Å². The Labute approximate surface area is 168 Å². The van der Waals surface area contributed by atoms with Crippen LogP contribution in [0.5, 0.6) is 0 Å². The van der Waals surface area contributed by atoms with Gasteiger partial charge in [-0.1, -0.05) is 45.0 Å². The molecule has 2 saturated heterocycles. The molecule has 2 aliphatic heterocycles. The molecule has 25 heavy (non-hydrogen) atoms. The lowest BCUT2D eigenvalue weighted by Gasteiger charge is -2.36. The molecule has 0 amide bonds. The molecule has 5 heteroatoms. The first-order valence-corrected chi connectivity index (χ1v) is 13.7. The summed E-state index contributed by atoms with van der Waals surface area (Å²) in [5.74, 6) is 0. The maximum atomic E-state index is 3.84. The van der Waals surface area contributed by atoms with Crippen molar-refractivity contribution in [1.29, 1.82) is 0 Å². The van der Waals surface area contributed by atoms with Gasteiger partial charge in [-0.05, 0) is 59.6 Å². The molecule has 0 unspecified atom stereocenters. The van der Waals surface area contributed by atoms with Crippen molar-refractivity contribution in [3.63, 3.8) is 0 Å². The molecule has 0 atom stereocenters. The monoisotopic (exact) mass is 478 g/mol. The standard InChI is InChI=1S/C20H24Br2N2Si/c1-25(2,19-13-15(5-7-17(19)21)23-9-3-10-23)20-14-16(6-8-18(20)22)24-11-4-12-24/h5-8,13-14H,3-4,9-12H2,1-2H3. The highest BCUT2D eigenvalue weighted by Crippen LogP contribution is 2.27. The van der Waals surface area contributed by atoms with Gasteiger partial charge in [0.15, 0.2) is 0 Å². The molecule has 4 rings (SSSR count). The SMILES string of the molecule is C[Si](C)(c1cc(N2CCC2)ccc1Br)c1cc(N2CCC2)ccc1Br. The number of rotatable bonds is 4. The predicted molar refractivity (Wildman–Crippen MR) is 119 cm³/mol. The summed E-state index contributed by atoms with van der Waals surface area (Å²) in [4.78, 5) is 4.96. The molecule has 0 radical (unpaired) electrons. The Morgan fingerprint density at radius 3 is 1.44 bits per heavy atom. The van der Waals surface area contributed by atoms with Crippen molar-refractivity contribution in [1.82, 2.24) is 0 Å². The minimum Gasteiger partial charge on any atom is -0.371 e. The third-order valence-corrected chi connectivity index (χ3v) is 11.3. The van der Waals surface area contributed by atoms with Gasteiger partial charge in [0.2, 0.25) is 0 Å². The van der Waals surface area contributed by atoms with E-state index in [-0.39, 0.29) is 0 Å². The van der Waals surface area contributed by atoms with Crippen molar-refractivity contribution >= 4 is 61.7 Å². The third-order valence-electron chi connectivity index (χ3n) is 5.69. The largest absolute Gasteiger partial charge is 0.371 e. The Hall–Kier alpha value is -0.783. The Morgan fingerprint density at radius 1 is 0.720 bits per heavy atom. The average molecular weight is 480 g/mol. The van der Waals surface area contributed by atoms with Gasteiger partial charge in [-0.15, -0.1) is 0 Å². The molecule has 132 valence electrons. The molecule has 2 heterocycles. The highest BCUT2D eigenvalue weighted by molar-refractivity contribution is 9.11. The smallest absolute Gasteiger partial charge is 0.115 e. The lowest BCUT2D eigenvalue weighted by atomic mass is 10.2. The van der Waals surface area contributed by atoms with E-state index < -0.39 is 8.07 Å². The Bertz CT molecular complexity index is 733. The molecule has 0 saturated carbocycles. The van der Waals surface area contributed by atoms with E-state index in [0.717, 1.165) is 0 Å². The number of hydrogen-bond donors (Lipinski definition) is 0. The number of nitrogens with zero attached hydrogens (tertiary/aromatic N) is 2. The van der Waals surface area contributed by atoms with Crippen molar-refractivity contribution in [2.45, 2.75) is 25.9 Å². The van der Waals surface area contributed by atoms with E-state index in [1.807, 2.05) is 0 Å². The number of hydrogen-bond acceptors (Lipinski definition) is 2. The second kappa shape index (κ2) is 6.75. The van der Waals surface area contributed by atoms with E-state index in [1.54, 1.807) is 0 Å². The van der Waals surface area contributed by atoms with Gasteiger partial charge in [0.05, 0.1) is 0 Å². The highest BCUT2D eigenvalue weighted by Gasteiger charge is 2.32. The Morgan fingerprint density at radius 2 is 1.12 bits per heavy atom. The van der Waals surface area contributed by atoms with Gasteiger partial charge in [0.25, 0.3) is 0 Å². The van der Waals surface area contributed by atoms with Gasteiger partial charge in [-0.25, -0.2) is 0 Å². The van der Waals surface area contributed by atoms with Gasteiger partial charge in [0, 0.05) is 46.5 Å². The summed E-state index contributed by atoms with van der Waals surface area (Å²) in [6.07, 6.45) is 2.63. The molecule has 0 N–H and O–H groups in total. The second-order valence-corrected chi connectivity index (χ2v) is 13.7. The second-order valence-electron chi connectivity index (χ2n) is 7.63. The van der Waals surface area contributed by atoms with Crippen molar-refractivity contribution < 1.29 is 0 Å². The van der Waals surface area contributed by atoms with Crippen LogP contribution in [0.1, 0.15) is 12.8 Å². The molecule has 2 aliphatic rings. The summed E-state index contributed by atoms with van der Waals surface area (Å²) in [6, 6.07) is 13.8. The molecular formula is C20H24Br2N2Si. The summed E-state index contributed by atoms with van der Waals surface area (Å²) in [5.41, 5.74) is 2.75. The van der Waals surface area contributed by atoms with Gasteiger partial charge in [-0.2, -0.15) is 0 Å². The summed E-state index contributed by atoms with van der Waals surface area (Å²) in [6.45, 7) is 9.70. The zero-order valence-corrected chi connectivity index (χ0v) is 19.0. The van der Waals surface area contributed by atoms with Crippen LogP contribution in [0.25, 0.3) is 0 Å². The van der Waals surface area contributed by atoms with Gasteiger partial charge >= 0.3 is 0 Å². The lowest BCUT2D eigenvalue weighted by Crippen LogP contribution is -2.54. The van der Waals surface area contributed by atoms with Crippen LogP contribution in [0.15, 0.2) is 45.3 Å². The van der Waals surface area contributed by atoms with Crippen LogP contribution in [0, 0.1) is 0 Å². The third kappa shape index (κ3) is 3.19. The zero-order valence-electron chi connectivity index (χ0n) is 14.9. The van der Waals surface area contributed by atoms with E-state index >= 15 is 0 Å². The van der Waals surface area contributed by atoms with Crippen molar-refractivity contribution in [2.24, 2.45) is 0 Å². The number of benzene rings is 2.